The van der Waals surface area contributed by atoms with Crippen molar-refractivity contribution in [2.24, 2.45) is 10.1 Å². The maximum Gasteiger partial charge on any atom is 0.353 e. The summed E-state index contributed by atoms with van der Waals surface area (Å²) in [6, 6.07) is 8.34. The minimum Gasteiger partial charge on any atom is -0.493 e. The third-order valence-corrected chi connectivity index (χ3v) is 6.97. The van der Waals surface area contributed by atoms with Gasteiger partial charge in [-0.1, -0.05) is 12.1 Å². The van der Waals surface area contributed by atoms with E-state index in [1.807, 2.05) is 0 Å². The number of methoxy groups -OCH3 is 1. The Kier molecular flexibility index (Phi) is 6.18. The number of amidine groups is 3. The Balaban J connectivity index is 1.38. The Morgan fingerprint density at radius 3 is 2.76 bits per heavy atom. The average molecular weight is 498 g/mol. The number of rotatable bonds is 4. The largest absolute Gasteiger partial charge is 0.493 e. The first-order valence-corrected chi connectivity index (χ1v) is 12.0. The molecule has 10 nitrogen and oxygen atoms in total. The molecule has 1 aromatic heterocycles. The summed E-state index contributed by atoms with van der Waals surface area (Å²) < 4.78 is 16.2. The van der Waals surface area contributed by atoms with Gasteiger partial charge in [-0.3, -0.25) is 10.2 Å². The molecule has 0 spiro atoms. The number of esters is 1. The van der Waals surface area contributed by atoms with E-state index in [1.54, 1.807) is 41.8 Å². The van der Waals surface area contributed by atoms with Crippen LogP contribution in [0.5, 0.6) is 11.5 Å². The van der Waals surface area contributed by atoms with Gasteiger partial charge >= 0.3 is 5.97 Å². The number of hydrogen-bond acceptors (Lipinski definition) is 10. The molecule has 3 aliphatic heterocycles. The standard InChI is InChI=1S/C22H19N5O5S2/c1-30-16-12-13(4-5-15(16)32-20(29)17-3-2-10-33-17)11-14-18(23)27-21(24-19(14)28)34-22(25-27)26-6-8-31-9-7-26/h2-5,10-12,23H,6-9H2,1H3/b14-11-,23-18?. The van der Waals surface area contributed by atoms with Crippen LogP contribution in [-0.2, 0) is 9.53 Å². The van der Waals surface area contributed by atoms with Crippen LogP contribution in [0.4, 0.5) is 0 Å². The molecule has 0 bridgehead atoms. The lowest BCUT2D eigenvalue weighted by Gasteiger charge is -2.26. The van der Waals surface area contributed by atoms with Gasteiger partial charge in [-0.2, -0.15) is 10.0 Å². The van der Waals surface area contributed by atoms with Crippen LogP contribution in [0.1, 0.15) is 15.2 Å². The van der Waals surface area contributed by atoms with Crippen molar-refractivity contribution in [2.45, 2.75) is 0 Å². The number of fused-ring (bicyclic) bond motifs is 1. The number of nitrogens with one attached hydrogen (secondary N) is 1. The molecule has 2 aromatic rings. The number of thioether (sulfide) groups is 1. The quantitative estimate of drug-likeness (QED) is 0.389. The van der Waals surface area contributed by atoms with Gasteiger partial charge in [0, 0.05) is 13.1 Å². The van der Waals surface area contributed by atoms with Crippen molar-refractivity contribution in [3.8, 4) is 11.5 Å². The van der Waals surface area contributed by atoms with Crippen LogP contribution in [0.25, 0.3) is 6.08 Å². The fourth-order valence-corrected chi connectivity index (χ4v) is 4.98. The second kappa shape index (κ2) is 9.41. The Morgan fingerprint density at radius 2 is 2.03 bits per heavy atom. The summed E-state index contributed by atoms with van der Waals surface area (Å²) in [5, 5.41) is 17.3. The molecule has 174 valence electrons. The number of nitrogens with zero attached hydrogens (tertiary/aromatic N) is 4. The van der Waals surface area contributed by atoms with Crippen molar-refractivity contribution in [2.75, 3.05) is 33.4 Å². The summed E-state index contributed by atoms with van der Waals surface area (Å²) in [5.41, 5.74) is 0.686. The lowest BCUT2D eigenvalue weighted by atomic mass is 10.1. The number of thiophene rings is 1. The number of amides is 1. The number of carbonyl (C=O) groups is 2. The molecule has 1 aromatic carbocycles. The van der Waals surface area contributed by atoms with Gasteiger partial charge in [-0.15, -0.1) is 16.4 Å². The van der Waals surface area contributed by atoms with Gasteiger partial charge in [0.15, 0.2) is 22.5 Å². The second-order valence-electron chi connectivity index (χ2n) is 7.28. The van der Waals surface area contributed by atoms with Crippen molar-refractivity contribution in [3.63, 3.8) is 0 Å². The summed E-state index contributed by atoms with van der Waals surface area (Å²) >= 11 is 2.55. The summed E-state index contributed by atoms with van der Waals surface area (Å²) in [6.07, 6.45) is 1.55. The van der Waals surface area contributed by atoms with Gasteiger partial charge in [0.25, 0.3) is 5.91 Å². The topological polar surface area (TPSA) is 117 Å². The number of morpholine rings is 1. The number of hydrazone groups is 1. The SMILES string of the molecule is COc1cc(/C=C2/C(=N)N3N=C(N4CCOCC4)SC3=NC2=O)ccc1OC(=O)c1cccs1. The molecule has 1 fully saturated rings. The fraction of sp³-hybridized carbons (Fsp3) is 0.227. The Bertz CT molecular complexity index is 1250. The van der Waals surface area contributed by atoms with Crippen LogP contribution < -0.4 is 9.47 Å². The summed E-state index contributed by atoms with van der Waals surface area (Å²) in [6.45, 7) is 2.60. The highest BCUT2D eigenvalue weighted by atomic mass is 32.2. The highest BCUT2D eigenvalue weighted by Crippen LogP contribution is 2.32. The van der Waals surface area contributed by atoms with Crippen LogP contribution >= 0.6 is 23.1 Å². The van der Waals surface area contributed by atoms with Gasteiger partial charge in [0.1, 0.15) is 4.88 Å². The van der Waals surface area contributed by atoms with Crippen LogP contribution in [0.15, 0.2) is 51.4 Å². The Morgan fingerprint density at radius 1 is 1.21 bits per heavy atom. The summed E-state index contributed by atoms with van der Waals surface area (Å²) in [7, 11) is 1.46. The first kappa shape index (κ1) is 22.3. The van der Waals surface area contributed by atoms with Crippen molar-refractivity contribution in [3.05, 3.63) is 51.7 Å². The van der Waals surface area contributed by atoms with E-state index in [2.05, 4.69) is 15.0 Å². The molecule has 0 saturated carbocycles. The van der Waals surface area contributed by atoms with Crippen LogP contribution in [0.3, 0.4) is 0 Å². The second-order valence-corrected chi connectivity index (χ2v) is 9.16. The number of aliphatic imine (C=N–C) groups is 1. The molecule has 1 N–H and O–H groups in total. The van der Waals surface area contributed by atoms with Crippen molar-refractivity contribution < 1.29 is 23.8 Å². The molecule has 0 atom stereocenters. The van der Waals surface area contributed by atoms with Crippen LogP contribution in [0, 0.1) is 5.41 Å². The number of ether oxygens (including phenoxy) is 3. The number of benzene rings is 1. The molecule has 1 amide bonds. The third kappa shape index (κ3) is 4.34. The summed E-state index contributed by atoms with van der Waals surface area (Å²) in [5.74, 6) is -0.482. The Hall–Kier alpha value is -3.48. The minimum absolute atomic E-state index is 0.0575. The fourth-order valence-electron chi connectivity index (χ4n) is 3.43. The van der Waals surface area contributed by atoms with Gasteiger partial charge in [0.05, 0.1) is 25.9 Å². The van der Waals surface area contributed by atoms with E-state index < -0.39 is 11.9 Å². The molecule has 0 aliphatic carbocycles. The lowest BCUT2D eigenvalue weighted by molar-refractivity contribution is -0.114. The molecule has 34 heavy (non-hydrogen) atoms. The summed E-state index contributed by atoms with van der Waals surface area (Å²) in [4.78, 5) is 31.7. The third-order valence-electron chi connectivity index (χ3n) is 5.15. The van der Waals surface area contributed by atoms with Gasteiger partial charge < -0.3 is 19.1 Å². The predicted octanol–water partition coefficient (Wildman–Crippen LogP) is 2.88. The van der Waals surface area contributed by atoms with E-state index in [9.17, 15) is 9.59 Å². The van der Waals surface area contributed by atoms with E-state index in [0.717, 1.165) is 0 Å². The van der Waals surface area contributed by atoms with Crippen LogP contribution in [-0.4, -0.2) is 71.4 Å². The average Bonchev–Trinajstić information content (AvgIpc) is 3.54. The van der Waals surface area contributed by atoms with E-state index in [-0.39, 0.29) is 17.2 Å². The predicted molar refractivity (Wildman–Crippen MR) is 130 cm³/mol. The van der Waals surface area contributed by atoms with Crippen molar-refractivity contribution in [1.29, 1.82) is 5.41 Å². The highest BCUT2D eigenvalue weighted by Gasteiger charge is 2.37. The molecule has 12 heteroatoms. The first-order valence-electron chi connectivity index (χ1n) is 10.3. The zero-order valence-corrected chi connectivity index (χ0v) is 19.6. The Labute approximate surface area is 203 Å². The zero-order chi connectivity index (χ0) is 23.7. The van der Waals surface area contributed by atoms with Gasteiger partial charge in [0.2, 0.25) is 5.17 Å². The lowest BCUT2D eigenvalue weighted by Crippen LogP contribution is -2.39. The smallest absolute Gasteiger partial charge is 0.353 e. The van der Waals surface area contributed by atoms with E-state index in [4.69, 9.17) is 19.6 Å². The number of hydrogen-bond donors (Lipinski definition) is 1. The van der Waals surface area contributed by atoms with E-state index in [1.165, 1.54) is 35.2 Å². The molecule has 5 rings (SSSR count). The molecule has 0 radical (unpaired) electrons. The molecule has 0 unspecified atom stereocenters. The molecular weight excluding hydrogens is 478 g/mol. The van der Waals surface area contributed by atoms with Crippen molar-refractivity contribution >= 4 is 57.2 Å². The van der Waals surface area contributed by atoms with E-state index >= 15 is 0 Å². The van der Waals surface area contributed by atoms with E-state index in [0.29, 0.717) is 52.8 Å². The molecule has 3 aliphatic rings. The maximum atomic E-state index is 12.7. The molecule has 1 saturated heterocycles. The maximum absolute atomic E-state index is 12.7. The molecule has 4 heterocycles. The normalized spacial score (nSPS) is 19.1. The monoisotopic (exact) mass is 497 g/mol. The van der Waals surface area contributed by atoms with Crippen LogP contribution in [0.2, 0.25) is 0 Å². The highest BCUT2D eigenvalue weighted by molar-refractivity contribution is 8.26. The van der Waals surface area contributed by atoms with Crippen molar-refractivity contribution in [1.82, 2.24) is 9.91 Å². The number of carbonyl (C=O) groups excluding carboxylic acids is 2. The minimum atomic E-state index is -0.519. The zero-order valence-electron chi connectivity index (χ0n) is 18.0. The van der Waals surface area contributed by atoms with Gasteiger partial charge in [-0.05, 0) is 47.0 Å². The molecular formula is C22H19N5O5S2. The van der Waals surface area contributed by atoms with Gasteiger partial charge in [-0.25, -0.2) is 4.79 Å². The first-order chi connectivity index (χ1) is 16.5.